The molecule has 1 fully saturated rings. The number of hydrogen-bond acceptors (Lipinski definition) is 2. The van der Waals surface area contributed by atoms with Gasteiger partial charge in [0.25, 0.3) is 5.91 Å². The van der Waals surface area contributed by atoms with Crippen molar-refractivity contribution in [3.63, 3.8) is 0 Å². The van der Waals surface area contributed by atoms with Gasteiger partial charge in [-0.05, 0) is 54.5 Å². The van der Waals surface area contributed by atoms with Crippen LogP contribution in [-0.4, -0.2) is 18.6 Å². The summed E-state index contributed by atoms with van der Waals surface area (Å²) in [5.41, 5.74) is 1.18. The van der Waals surface area contributed by atoms with E-state index in [1.54, 1.807) is 6.92 Å². The maximum Gasteiger partial charge on any atom is 0.260 e. The molecule has 3 rings (SSSR count). The summed E-state index contributed by atoms with van der Waals surface area (Å²) in [6.45, 7) is 8.23. The highest BCUT2D eigenvalue weighted by Gasteiger charge is 2.53. The number of halogens is 2. The van der Waals surface area contributed by atoms with Gasteiger partial charge in [-0.1, -0.05) is 39.0 Å². The highest BCUT2D eigenvalue weighted by atomic mass is 19.1. The third-order valence-electron chi connectivity index (χ3n) is 5.73. The molecule has 150 valence electrons. The molecule has 28 heavy (non-hydrogen) atoms. The Labute approximate surface area is 165 Å². The lowest BCUT2D eigenvalue weighted by molar-refractivity contribution is -0.127. The van der Waals surface area contributed by atoms with Gasteiger partial charge in [-0.15, -0.1) is 0 Å². The Kier molecular flexibility index (Phi) is 5.73. The number of benzene rings is 2. The molecule has 0 aromatic heterocycles. The molecule has 3 unspecified atom stereocenters. The molecular formula is C23H27F2NO2. The molecule has 1 saturated carbocycles. The van der Waals surface area contributed by atoms with Gasteiger partial charge >= 0.3 is 0 Å². The average Bonchev–Trinajstić information content (AvgIpc) is 3.30. The summed E-state index contributed by atoms with van der Waals surface area (Å²) in [6, 6.07) is 11.3. The Bertz CT molecular complexity index is 850. The van der Waals surface area contributed by atoms with E-state index in [1.165, 1.54) is 17.7 Å². The molecule has 1 aliphatic rings. The second-order valence-electron chi connectivity index (χ2n) is 8.09. The molecule has 2 aromatic carbocycles. The Balaban J connectivity index is 1.61. The second-order valence-corrected chi connectivity index (χ2v) is 8.09. The number of carbonyl (C=O) groups excluding carboxylic acids is 1. The van der Waals surface area contributed by atoms with Crippen LogP contribution in [0.1, 0.15) is 51.2 Å². The minimum absolute atomic E-state index is 0.215. The highest BCUT2D eigenvalue weighted by Crippen LogP contribution is 2.54. The average molecular weight is 387 g/mol. The van der Waals surface area contributed by atoms with E-state index in [0.717, 1.165) is 12.5 Å². The van der Waals surface area contributed by atoms with E-state index in [0.29, 0.717) is 23.8 Å². The smallest absolute Gasteiger partial charge is 0.260 e. The Morgan fingerprint density at radius 2 is 1.82 bits per heavy atom. The van der Waals surface area contributed by atoms with Gasteiger partial charge in [-0.3, -0.25) is 4.79 Å². The fourth-order valence-corrected chi connectivity index (χ4v) is 3.68. The summed E-state index contributed by atoms with van der Waals surface area (Å²) < 4.78 is 33.2. The van der Waals surface area contributed by atoms with E-state index in [9.17, 15) is 13.6 Å². The van der Waals surface area contributed by atoms with Crippen molar-refractivity contribution in [3.05, 3.63) is 65.2 Å². The van der Waals surface area contributed by atoms with E-state index in [1.807, 2.05) is 31.2 Å². The van der Waals surface area contributed by atoms with Crippen LogP contribution in [0.4, 0.5) is 8.78 Å². The SMILES string of the molecule is CC(Oc1ccc(C(C)C)cc1)C(=O)NCC1(c2ccc(F)cc2F)CC1C. The van der Waals surface area contributed by atoms with E-state index >= 15 is 0 Å². The number of ether oxygens (including phenoxy) is 1. The molecule has 0 aliphatic heterocycles. The minimum Gasteiger partial charge on any atom is -0.481 e. The van der Waals surface area contributed by atoms with E-state index < -0.39 is 23.2 Å². The van der Waals surface area contributed by atoms with Crippen LogP contribution in [0.15, 0.2) is 42.5 Å². The first-order valence-electron chi connectivity index (χ1n) is 9.73. The lowest BCUT2D eigenvalue weighted by atomic mass is 9.92. The minimum atomic E-state index is -0.672. The zero-order valence-corrected chi connectivity index (χ0v) is 16.8. The van der Waals surface area contributed by atoms with Crippen LogP contribution in [0, 0.1) is 17.6 Å². The van der Waals surface area contributed by atoms with E-state index in [2.05, 4.69) is 19.2 Å². The molecule has 1 amide bonds. The summed E-state index contributed by atoms with van der Waals surface area (Å²) in [5, 5.41) is 2.88. The predicted octanol–water partition coefficient (Wildman–Crippen LogP) is 4.95. The molecule has 5 heteroatoms. The maximum absolute atomic E-state index is 14.2. The van der Waals surface area contributed by atoms with Crippen LogP contribution in [-0.2, 0) is 10.2 Å². The Morgan fingerprint density at radius 1 is 1.18 bits per heavy atom. The van der Waals surface area contributed by atoms with E-state index in [4.69, 9.17) is 4.74 Å². The highest BCUT2D eigenvalue weighted by molar-refractivity contribution is 5.81. The number of carbonyl (C=O) groups is 1. The van der Waals surface area contributed by atoms with Crippen molar-refractivity contribution < 1.29 is 18.3 Å². The van der Waals surface area contributed by atoms with Crippen LogP contribution in [0.3, 0.4) is 0 Å². The molecular weight excluding hydrogens is 360 g/mol. The summed E-state index contributed by atoms with van der Waals surface area (Å²) in [5.74, 6) is -0.140. The first kappa shape index (κ1) is 20.3. The molecule has 3 nitrogen and oxygen atoms in total. The van der Waals surface area contributed by atoms with Gasteiger partial charge in [0.1, 0.15) is 17.4 Å². The van der Waals surface area contributed by atoms with Gasteiger partial charge < -0.3 is 10.1 Å². The lowest BCUT2D eigenvalue weighted by Crippen LogP contribution is -2.41. The first-order valence-corrected chi connectivity index (χ1v) is 9.73. The topological polar surface area (TPSA) is 38.3 Å². The fourth-order valence-electron chi connectivity index (χ4n) is 3.68. The zero-order chi connectivity index (χ0) is 20.5. The van der Waals surface area contributed by atoms with Gasteiger partial charge in [0, 0.05) is 18.0 Å². The molecule has 3 atom stereocenters. The monoisotopic (exact) mass is 387 g/mol. The molecule has 0 bridgehead atoms. The van der Waals surface area contributed by atoms with Crippen LogP contribution >= 0.6 is 0 Å². The van der Waals surface area contributed by atoms with Crippen LogP contribution < -0.4 is 10.1 Å². The Morgan fingerprint density at radius 3 is 2.36 bits per heavy atom. The molecule has 0 radical (unpaired) electrons. The molecule has 1 N–H and O–H groups in total. The number of rotatable bonds is 7. The van der Waals surface area contributed by atoms with Gasteiger partial charge in [0.2, 0.25) is 0 Å². The molecule has 2 aromatic rings. The van der Waals surface area contributed by atoms with Crippen molar-refractivity contribution in [2.45, 2.75) is 51.6 Å². The van der Waals surface area contributed by atoms with Crippen LogP contribution in [0.25, 0.3) is 0 Å². The van der Waals surface area contributed by atoms with Gasteiger partial charge in [-0.25, -0.2) is 8.78 Å². The predicted molar refractivity (Wildman–Crippen MR) is 105 cm³/mol. The maximum atomic E-state index is 14.2. The zero-order valence-electron chi connectivity index (χ0n) is 16.8. The summed E-state index contributed by atoms with van der Waals surface area (Å²) in [6.07, 6.45) is 0.0796. The normalized spacial score (nSPS) is 22.0. The summed E-state index contributed by atoms with van der Waals surface area (Å²) in [7, 11) is 0. The van der Waals surface area contributed by atoms with E-state index in [-0.39, 0.29) is 11.8 Å². The van der Waals surface area contributed by atoms with Crippen molar-refractivity contribution in [2.75, 3.05) is 6.54 Å². The third kappa shape index (κ3) is 4.18. The van der Waals surface area contributed by atoms with Gasteiger partial charge in [0.05, 0.1) is 0 Å². The van der Waals surface area contributed by atoms with Gasteiger partial charge in [0.15, 0.2) is 6.10 Å². The quantitative estimate of drug-likeness (QED) is 0.730. The van der Waals surface area contributed by atoms with Crippen LogP contribution in [0.5, 0.6) is 5.75 Å². The molecule has 0 heterocycles. The largest absolute Gasteiger partial charge is 0.481 e. The summed E-state index contributed by atoms with van der Waals surface area (Å²) >= 11 is 0. The van der Waals surface area contributed by atoms with Crippen molar-refractivity contribution in [3.8, 4) is 5.75 Å². The number of hydrogen-bond donors (Lipinski definition) is 1. The number of amides is 1. The molecule has 1 aliphatic carbocycles. The summed E-state index contributed by atoms with van der Waals surface area (Å²) in [4.78, 5) is 12.5. The standard InChI is InChI=1S/C23H27F2NO2/c1-14(2)17-5-8-19(9-6-17)28-16(4)22(27)26-13-23(12-15(23)3)20-10-7-18(24)11-21(20)25/h5-11,14-16H,12-13H2,1-4H3,(H,26,27). The van der Waals surface area contributed by atoms with Crippen LogP contribution in [0.2, 0.25) is 0 Å². The lowest BCUT2D eigenvalue weighted by Gasteiger charge is -2.21. The van der Waals surface area contributed by atoms with Crippen molar-refractivity contribution >= 4 is 5.91 Å². The molecule has 0 saturated heterocycles. The van der Waals surface area contributed by atoms with Crippen molar-refractivity contribution in [1.82, 2.24) is 5.32 Å². The second kappa shape index (κ2) is 7.90. The van der Waals surface area contributed by atoms with Gasteiger partial charge in [-0.2, -0.15) is 0 Å². The Hall–Kier alpha value is -2.43. The molecule has 0 spiro atoms. The number of nitrogens with one attached hydrogen (secondary N) is 1. The first-order chi connectivity index (χ1) is 13.2. The fraction of sp³-hybridized carbons (Fsp3) is 0.435. The third-order valence-corrected chi connectivity index (χ3v) is 5.73. The van der Waals surface area contributed by atoms with Crippen molar-refractivity contribution in [2.24, 2.45) is 5.92 Å². The van der Waals surface area contributed by atoms with Crippen molar-refractivity contribution in [1.29, 1.82) is 0 Å².